The second kappa shape index (κ2) is 8.13. The van der Waals surface area contributed by atoms with Crippen LogP contribution in [0.4, 0.5) is 10.5 Å². The number of unbranched alkanes of at least 4 members (excludes halogenated alkanes) is 2. The molecule has 7 nitrogen and oxygen atoms in total. The Morgan fingerprint density at radius 2 is 2.00 bits per heavy atom. The number of rotatable bonds is 5. The lowest BCUT2D eigenvalue weighted by Crippen LogP contribution is -2.66. The first-order valence-corrected chi connectivity index (χ1v) is 10.9. The normalized spacial score (nSPS) is 27.4. The van der Waals surface area contributed by atoms with Gasteiger partial charge in [0, 0.05) is 37.4 Å². The Kier molecular flexibility index (Phi) is 5.73. The molecule has 4 rings (SSSR count). The molecular formula is C21H30ClN5O2. The predicted molar refractivity (Wildman–Crippen MR) is 114 cm³/mol. The van der Waals surface area contributed by atoms with E-state index in [0.29, 0.717) is 6.54 Å². The number of aryl methyl sites for hydroxylation is 1. The number of carbonyl (C=O) groups excluding carboxylic acids is 2. The van der Waals surface area contributed by atoms with Crippen molar-refractivity contribution >= 4 is 29.2 Å². The number of nitrogens with one attached hydrogen (secondary N) is 1. The number of imide groups is 1. The van der Waals surface area contributed by atoms with E-state index in [2.05, 4.69) is 28.1 Å². The second-order valence-corrected chi connectivity index (χ2v) is 8.65. The molecule has 0 radical (unpaired) electrons. The van der Waals surface area contributed by atoms with Crippen LogP contribution in [0.2, 0.25) is 5.02 Å². The van der Waals surface area contributed by atoms with E-state index in [9.17, 15) is 9.59 Å². The minimum absolute atomic E-state index is 0.0759. The van der Waals surface area contributed by atoms with Crippen molar-refractivity contribution in [3.8, 4) is 0 Å². The summed E-state index contributed by atoms with van der Waals surface area (Å²) in [5.41, 5.74) is 2.07. The lowest BCUT2D eigenvalue weighted by molar-refractivity contribution is -0.138. The largest absolute Gasteiger partial charge is 0.343 e. The van der Waals surface area contributed by atoms with Gasteiger partial charge in [-0.1, -0.05) is 37.4 Å². The first-order valence-electron chi connectivity index (χ1n) is 10.6. The summed E-state index contributed by atoms with van der Waals surface area (Å²) in [7, 11) is 1.79. The molecule has 8 heteroatoms. The van der Waals surface area contributed by atoms with E-state index in [-0.39, 0.29) is 30.4 Å². The number of hydrogen-bond donors (Lipinski definition) is 1. The smallest absolute Gasteiger partial charge is 0.327 e. The Hall–Kier alpha value is -1.83. The molecule has 0 saturated carbocycles. The van der Waals surface area contributed by atoms with E-state index in [1.807, 2.05) is 19.1 Å². The molecule has 0 aromatic heterocycles. The SMILES string of the molecule is CCCCCN1C(=O)C2C(NC3N(c4ccc(C)c(Cl)c4)CCCN23)N(C)C1=O. The molecule has 0 spiro atoms. The number of amides is 3. The number of likely N-dealkylation sites (N-methyl/N-ethyl adjacent to an activating group) is 1. The van der Waals surface area contributed by atoms with Crippen molar-refractivity contribution in [1.29, 1.82) is 0 Å². The van der Waals surface area contributed by atoms with Crippen LogP contribution in [0.3, 0.4) is 0 Å². The summed E-state index contributed by atoms with van der Waals surface area (Å²) in [6, 6.07) is 5.52. The lowest BCUT2D eigenvalue weighted by atomic mass is 10.1. The number of hydrogen-bond acceptors (Lipinski definition) is 5. The number of halogens is 1. The average molecular weight is 420 g/mol. The number of urea groups is 1. The Bertz CT molecular complexity index is 803. The van der Waals surface area contributed by atoms with Crippen LogP contribution in [0.1, 0.15) is 38.2 Å². The van der Waals surface area contributed by atoms with Gasteiger partial charge < -0.3 is 9.80 Å². The molecule has 3 aliphatic rings. The van der Waals surface area contributed by atoms with E-state index in [1.165, 1.54) is 4.90 Å². The lowest BCUT2D eigenvalue weighted by Gasteiger charge is -2.44. The maximum absolute atomic E-state index is 13.3. The Morgan fingerprint density at radius 3 is 2.72 bits per heavy atom. The minimum Gasteiger partial charge on any atom is -0.343 e. The fraction of sp³-hybridized carbons (Fsp3) is 0.619. The second-order valence-electron chi connectivity index (χ2n) is 8.24. The first-order chi connectivity index (χ1) is 13.9. The molecule has 3 saturated heterocycles. The molecule has 3 amide bonds. The van der Waals surface area contributed by atoms with Crippen LogP contribution in [0, 0.1) is 6.92 Å². The summed E-state index contributed by atoms with van der Waals surface area (Å²) in [6.45, 7) is 6.30. The number of nitrogens with zero attached hydrogens (tertiary/aromatic N) is 4. The van der Waals surface area contributed by atoms with Crippen molar-refractivity contribution in [1.82, 2.24) is 20.0 Å². The summed E-state index contributed by atoms with van der Waals surface area (Å²) in [4.78, 5) is 33.8. The van der Waals surface area contributed by atoms with E-state index >= 15 is 0 Å². The topological polar surface area (TPSA) is 59.1 Å². The molecule has 0 bridgehead atoms. The number of fused-ring (bicyclic) bond motifs is 3. The van der Waals surface area contributed by atoms with Gasteiger partial charge in [-0.05, 0) is 37.5 Å². The molecule has 158 valence electrons. The Balaban J connectivity index is 1.60. The fourth-order valence-electron chi connectivity index (χ4n) is 4.67. The van der Waals surface area contributed by atoms with Crippen LogP contribution >= 0.6 is 11.6 Å². The molecular weight excluding hydrogens is 390 g/mol. The zero-order chi connectivity index (χ0) is 20.7. The van der Waals surface area contributed by atoms with E-state index in [0.717, 1.165) is 55.0 Å². The van der Waals surface area contributed by atoms with E-state index < -0.39 is 0 Å². The third kappa shape index (κ3) is 3.49. The number of benzene rings is 1. The van der Waals surface area contributed by atoms with Gasteiger partial charge in [-0.3, -0.25) is 19.9 Å². The predicted octanol–water partition coefficient (Wildman–Crippen LogP) is 2.83. The van der Waals surface area contributed by atoms with E-state index in [1.54, 1.807) is 11.9 Å². The van der Waals surface area contributed by atoms with Crippen LogP contribution in [-0.4, -0.2) is 71.8 Å². The summed E-state index contributed by atoms with van der Waals surface area (Å²) in [6.07, 6.45) is 3.43. The third-order valence-electron chi connectivity index (χ3n) is 6.34. The molecule has 1 aromatic carbocycles. The number of anilines is 1. The van der Waals surface area contributed by atoms with Gasteiger partial charge in [0.05, 0.1) is 0 Å². The van der Waals surface area contributed by atoms with Gasteiger partial charge in [0.25, 0.3) is 5.91 Å². The molecule has 1 N–H and O–H groups in total. The highest BCUT2D eigenvalue weighted by Gasteiger charge is 2.55. The summed E-state index contributed by atoms with van der Waals surface area (Å²) < 4.78 is 0. The molecule has 1 aromatic rings. The number of carbonyl (C=O) groups is 2. The molecule has 3 heterocycles. The van der Waals surface area contributed by atoms with Crippen molar-refractivity contribution in [3.63, 3.8) is 0 Å². The van der Waals surface area contributed by atoms with Crippen LogP contribution in [0.5, 0.6) is 0 Å². The fourth-order valence-corrected chi connectivity index (χ4v) is 4.84. The Labute approximate surface area is 177 Å². The van der Waals surface area contributed by atoms with Gasteiger partial charge in [0.2, 0.25) is 0 Å². The standard InChI is InChI=1S/C21H30ClN5O2/c1-4-5-6-10-27-19(28)17-18(24(3)21(27)29)23-20-25(11-7-12-26(17)20)15-9-8-14(2)16(22)13-15/h8-9,13,17-18,20,23H,4-7,10-12H2,1-3H3. The quantitative estimate of drug-likeness (QED) is 0.744. The Morgan fingerprint density at radius 1 is 1.21 bits per heavy atom. The van der Waals surface area contributed by atoms with Crippen molar-refractivity contribution in [2.24, 2.45) is 0 Å². The maximum atomic E-state index is 13.3. The highest BCUT2D eigenvalue weighted by atomic mass is 35.5. The monoisotopic (exact) mass is 419 g/mol. The van der Waals surface area contributed by atoms with Gasteiger partial charge in [-0.2, -0.15) is 0 Å². The third-order valence-corrected chi connectivity index (χ3v) is 6.75. The molecule has 3 atom stereocenters. The van der Waals surface area contributed by atoms with Gasteiger partial charge in [-0.25, -0.2) is 4.79 Å². The van der Waals surface area contributed by atoms with Crippen LogP contribution in [0.15, 0.2) is 18.2 Å². The highest BCUT2D eigenvalue weighted by molar-refractivity contribution is 6.31. The zero-order valence-electron chi connectivity index (χ0n) is 17.4. The van der Waals surface area contributed by atoms with Gasteiger partial charge in [0.15, 0.2) is 0 Å². The van der Waals surface area contributed by atoms with E-state index in [4.69, 9.17) is 11.6 Å². The summed E-state index contributed by atoms with van der Waals surface area (Å²) in [5.74, 6) is -0.0759. The van der Waals surface area contributed by atoms with Crippen molar-refractivity contribution < 1.29 is 9.59 Å². The average Bonchev–Trinajstić information content (AvgIpc) is 3.11. The summed E-state index contributed by atoms with van der Waals surface area (Å²) >= 11 is 6.37. The molecule has 0 aliphatic carbocycles. The maximum Gasteiger partial charge on any atom is 0.327 e. The van der Waals surface area contributed by atoms with Gasteiger partial charge >= 0.3 is 6.03 Å². The van der Waals surface area contributed by atoms with Gasteiger partial charge in [0.1, 0.15) is 18.5 Å². The van der Waals surface area contributed by atoms with Crippen molar-refractivity contribution in [2.45, 2.75) is 58.0 Å². The van der Waals surface area contributed by atoms with Crippen LogP contribution < -0.4 is 10.2 Å². The zero-order valence-corrected chi connectivity index (χ0v) is 18.2. The minimum atomic E-state index is -0.354. The van der Waals surface area contributed by atoms with Crippen molar-refractivity contribution in [2.75, 3.05) is 31.6 Å². The first kappa shape index (κ1) is 20.4. The highest BCUT2D eigenvalue weighted by Crippen LogP contribution is 2.34. The van der Waals surface area contributed by atoms with Gasteiger partial charge in [-0.15, -0.1) is 0 Å². The van der Waals surface area contributed by atoms with Crippen LogP contribution in [-0.2, 0) is 4.79 Å². The molecule has 3 fully saturated rings. The van der Waals surface area contributed by atoms with Crippen LogP contribution in [0.25, 0.3) is 0 Å². The van der Waals surface area contributed by atoms with Crippen molar-refractivity contribution in [3.05, 3.63) is 28.8 Å². The molecule has 3 aliphatic heterocycles. The summed E-state index contributed by atoms with van der Waals surface area (Å²) in [5, 5.41) is 4.28. The molecule has 29 heavy (non-hydrogen) atoms. The molecule has 3 unspecified atom stereocenters.